The zero-order valence-corrected chi connectivity index (χ0v) is 19.3. The van der Waals surface area contributed by atoms with E-state index in [4.69, 9.17) is 17.0 Å². The van der Waals surface area contributed by atoms with Crippen molar-refractivity contribution >= 4 is 46.0 Å². The van der Waals surface area contributed by atoms with Gasteiger partial charge in [-0.1, -0.05) is 78.1 Å². The van der Waals surface area contributed by atoms with Crippen molar-refractivity contribution in [3.8, 4) is 5.75 Å². The van der Waals surface area contributed by atoms with Crippen molar-refractivity contribution in [2.24, 2.45) is 0 Å². The summed E-state index contributed by atoms with van der Waals surface area (Å²) in [7, 11) is 0. The van der Waals surface area contributed by atoms with E-state index in [0.29, 0.717) is 15.8 Å². The van der Waals surface area contributed by atoms with Crippen molar-refractivity contribution < 1.29 is 9.53 Å². The number of rotatable bonds is 5. The normalized spacial score (nSPS) is 15.1. The molecule has 3 nitrogen and oxygen atoms in total. The molecule has 0 unspecified atom stereocenters. The van der Waals surface area contributed by atoms with Gasteiger partial charge in [-0.15, -0.1) is 0 Å². The predicted octanol–water partition coefficient (Wildman–Crippen LogP) is 6.60. The third-order valence-electron chi connectivity index (χ3n) is 5.08. The molecule has 0 bridgehead atoms. The van der Waals surface area contributed by atoms with Crippen molar-refractivity contribution in [2.45, 2.75) is 27.4 Å². The molecule has 1 saturated heterocycles. The van der Waals surface area contributed by atoms with Crippen molar-refractivity contribution in [3.05, 3.63) is 99.5 Å². The molecule has 1 aliphatic heterocycles. The van der Waals surface area contributed by atoms with Crippen LogP contribution in [-0.2, 0) is 11.4 Å². The number of thiocarbonyl (C=S) groups is 1. The summed E-state index contributed by atoms with van der Waals surface area (Å²) >= 11 is 6.86. The van der Waals surface area contributed by atoms with Crippen LogP contribution in [0, 0.1) is 20.8 Å². The van der Waals surface area contributed by atoms with Crippen LogP contribution in [0.5, 0.6) is 5.75 Å². The van der Waals surface area contributed by atoms with E-state index in [2.05, 4.69) is 31.2 Å². The minimum Gasteiger partial charge on any atom is -0.489 e. The van der Waals surface area contributed by atoms with Crippen molar-refractivity contribution in [1.29, 1.82) is 0 Å². The molecule has 1 heterocycles. The van der Waals surface area contributed by atoms with E-state index < -0.39 is 0 Å². The smallest absolute Gasteiger partial charge is 0.270 e. The summed E-state index contributed by atoms with van der Waals surface area (Å²) in [5.41, 5.74) is 6.21. The van der Waals surface area contributed by atoms with Gasteiger partial charge in [-0.25, -0.2) is 0 Å². The van der Waals surface area contributed by atoms with Crippen molar-refractivity contribution in [2.75, 3.05) is 4.90 Å². The van der Waals surface area contributed by atoms with Crippen LogP contribution in [0.3, 0.4) is 0 Å². The molecule has 31 heavy (non-hydrogen) atoms. The van der Waals surface area contributed by atoms with Crippen LogP contribution in [0.2, 0.25) is 0 Å². The van der Waals surface area contributed by atoms with Gasteiger partial charge in [0.25, 0.3) is 5.91 Å². The van der Waals surface area contributed by atoms with Gasteiger partial charge in [0, 0.05) is 0 Å². The third-order valence-corrected chi connectivity index (χ3v) is 6.38. The van der Waals surface area contributed by atoms with E-state index >= 15 is 0 Å². The maximum Gasteiger partial charge on any atom is 0.270 e. The van der Waals surface area contributed by atoms with Crippen LogP contribution in [0.15, 0.2) is 71.6 Å². The van der Waals surface area contributed by atoms with Crippen LogP contribution in [0.1, 0.15) is 27.8 Å². The quantitative estimate of drug-likeness (QED) is 0.327. The Labute approximate surface area is 192 Å². The van der Waals surface area contributed by atoms with Gasteiger partial charge in [0.1, 0.15) is 12.4 Å². The Bertz CT molecular complexity index is 1180. The van der Waals surface area contributed by atoms with E-state index in [1.165, 1.54) is 17.3 Å². The second-order valence-corrected chi connectivity index (χ2v) is 9.33. The summed E-state index contributed by atoms with van der Waals surface area (Å²) in [4.78, 5) is 15.4. The molecule has 0 radical (unpaired) electrons. The molecule has 0 atom stereocenters. The van der Waals surface area contributed by atoms with E-state index in [0.717, 1.165) is 33.7 Å². The molecule has 3 aromatic rings. The molecule has 4 rings (SSSR count). The first-order valence-corrected chi connectivity index (χ1v) is 11.3. The summed E-state index contributed by atoms with van der Waals surface area (Å²) in [6.07, 6.45) is 1.88. The SMILES string of the molecule is Cc1ccc(COc2cccc(/C=C3\SC(=S)N(c4cc(C)ccc4C)C3=O)c2)cc1. The number of hydrogen-bond donors (Lipinski definition) is 0. The summed E-state index contributed by atoms with van der Waals surface area (Å²) in [6, 6.07) is 22.1. The molecular formula is C26H23NO2S2. The maximum absolute atomic E-state index is 13.1. The minimum atomic E-state index is -0.0883. The van der Waals surface area contributed by atoms with Gasteiger partial charge in [0.2, 0.25) is 0 Å². The fourth-order valence-corrected chi connectivity index (χ4v) is 4.62. The number of amides is 1. The fraction of sp³-hybridized carbons (Fsp3) is 0.154. The van der Waals surface area contributed by atoms with Crippen LogP contribution in [0.25, 0.3) is 6.08 Å². The van der Waals surface area contributed by atoms with Crippen LogP contribution >= 0.6 is 24.0 Å². The largest absolute Gasteiger partial charge is 0.489 e. The summed E-state index contributed by atoms with van der Waals surface area (Å²) in [6.45, 7) is 6.57. The summed E-state index contributed by atoms with van der Waals surface area (Å²) < 4.78 is 6.50. The molecule has 0 N–H and O–H groups in total. The monoisotopic (exact) mass is 445 g/mol. The number of anilines is 1. The number of benzene rings is 3. The molecule has 1 amide bonds. The highest BCUT2D eigenvalue weighted by atomic mass is 32.2. The Kier molecular flexibility index (Phi) is 6.25. The molecule has 1 aliphatic rings. The second kappa shape index (κ2) is 9.08. The molecule has 0 spiro atoms. The number of aryl methyl sites for hydroxylation is 3. The Hall–Kier alpha value is -2.89. The predicted molar refractivity (Wildman–Crippen MR) is 134 cm³/mol. The molecule has 0 aliphatic carbocycles. The van der Waals surface area contributed by atoms with Crippen LogP contribution in [0.4, 0.5) is 5.69 Å². The minimum absolute atomic E-state index is 0.0883. The first-order valence-electron chi connectivity index (χ1n) is 10.0. The number of thioether (sulfide) groups is 1. The highest BCUT2D eigenvalue weighted by Crippen LogP contribution is 2.37. The van der Waals surface area contributed by atoms with Gasteiger partial charge < -0.3 is 4.74 Å². The van der Waals surface area contributed by atoms with Crippen molar-refractivity contribution in [3.63, 3.8) is 0 Å². The third kappa shape index (κ3) is 4.89. The molecule has 156 valence electrons. The molecular weight excluding hydrogens is 422 g/mol. The number of carbonyl (C=O) groups is 1. The molecule has 0 saturated carbocycles. The highest BCUT2D eigenvalue weighted by molar-refractivity contribution is 8.27. The number of nitrogens with zero attached hydrogens (tertiary/aromatic N) is 1. The summed E-state index contributed by atoms with van der Waals surface area (Å²) in [5, 5.41) is 0. The lowest BCUT2D eigenvalue weighted by Gasteiger charge is -2.17. The zero-order valence-electron chi connectivity index (χ0n) is 17.7. The van der Waals surface area contributed by atoms with Crippen molar-refractivity contribution in [1.82, 2.24) is 0 Å². The second-order valence-electron chi connectivity index (χ2n) is 7.65. The first kappa shape index (κ1) is 21.3. The average Bonchev–Trinajstić information content (AvgIpc) is 3.02. The first-order chi connectivity index (χ1) is 14.9. The lowest BCUT2D eigenvalue weighted by atomic mass is 10.1. The van der Waals surface area contributed by atoms with E-state index in [1.807, 2.05) is 62.4 Å². The molecule has 3 aromatic carbocycles. The van der Waals surface area contributed by atoms with Gasteiger partial charge in [-0.3, -0.25) is 9.69 Å². The topological polar surface area (TPSA) is 29.5 Å². The van der Waals surface area contributed by atoms with Gasteiger partial charge >= 0.3 is 0 Å². The van der Waals surface area contributed by atoms with E-state index in [9.17, 15) is 4.79 Å². The Morgan fingerprint density at radius 3 is 2.48 bits per heavy atom. The average molecular weight is 446 g/mol. The van der Waals surface area contributed by atoms with E-state index in [-0.39, 0.29) is 5.91 Å². The van der Waals surface area contributed by atoms with Gasteiger partial charge in [0.05, 0.1) is 10.6 Å². The molecule has 1 fully saturated rings. The fourth-order valence-electron chi connectivity index (χ4n) is 3.33. The summed E-state index contributed by atoms with van der Waals surface area (Å²) in [5.74, 6) is 0.675. The van der Waals surface area contributed by atoms with Gasteiger partial charge in [-0.05, 0) is 67.3 Å². The Morgan fingerprint density at radius 1 is 0.968 bits per heavy atom. The van der Waals surface area contributed by atoms with Crippen LogP contribution in [-0.4, -0.2) is 10.2 Å². The lowest BCUT2D eigenvalue weighted by molar-refractivity contribution is -0.113. The lowest BCUT2D eigenvalue weighted by Crippen LogP contribution is -2.28. The standard InChI is InChI=1S/C26H23NO2S2/c1-17-8-11-20(12-9-17)16-29-22-6-4-5-21(14-22)15-24-25(28)27(26(30)31-24)23-13-18(2)7-10-19(23)3/h4-15H,16H2,1-3H3/b24-15-. The molecule has 5 heteroatoms. The number of ether oxygens (including phenoxy) is 1. The van der Waals surface area contributed by atoms with Crippen LogP contribution < -0.4 is 9.64 Å². The number of hydrogen-bond acceptors (Lipinski definition) is 4. The number of carbonyl (C=O) groups excluding carboxylic acids is 1. The molecule has 0 aromatic heterocycles. The van der Waals surface area contributed by atoms with Gasteiger partial charge in [-0.2, -0.15) is 0 Å². The maximum atomic E-state index is 13.1. The Balaban J connectivity index is 1.53. The van der Waals surface area contributed by atoms with E-state index in [1.54, 1.807) is 4.90 Å². The van der Waals surface area contributed by atoms with Gasteiger partial charge in [0.15, 0.2) is 4.32 Å². The highest BCUT2D eigenvalue weighted by Gasteiger charge is 2.34. The Morgan fingerprint density at radius 2 is 1.71 bits per heavy atom. The zero-order chi connectivity index (χ0) is 22.0.